The van der Waals surface area contributed by atoms with E-state index in [2.05, 4.69) is 87.9 Å². The van der Waals surface area contributed by atoms with Crippen molar-refractivity contribution in [3.05, 3.63) is 132 Å². The van der Waals surface area contributed by atoms with Crippen LogP contribution in [0.1, 0.15) is 28.4 Å². The van der Waals surface area contributed by atoms with Crippen molar-refractivity contribution < 1.29 is 26.3 Å². The first-order chi connectivity index (χ1) is 21.0. The van der Waals surface area contributed by atoms with Crippen molar-refractivity contribution in [1.29, 1.82) is 0 Å². The number of nitrogens with one attached hydrogen (secondary N) is 2. The van der Waals surface area contributed by atoms with Crippen molar-refractivity contribution >= 4 is 9.24 Å². The SMILES string of the molecule is FC(F)(F)c1nc(-c2ccccn2)n[nH]1.FC(F)(F)c1nc(-c2ccccn2)n[nH]1.PC(c1ccccc1)c1ccccc1. The second-order valence-electron chi connectivity index (χ2n) is 8.74. The van der Waals surface area contributed by atoms with Crippen LogP contribution in [0.25, 0.3) is 23.0 Å². The summed E-state index contributed by atoms with van der Waals surface area (Å²) in [5.41, 5.74) is 3.67. The van der Waals surface area contributed by atoms with E-state index < -0.39 is 24.0 Å². The summed E-state index contributed by atoms with van der Waals surface area (Å²) in [7, 11) is 2.89. The molecule has 0 amide bonds. The number of benzene rings is 2. The van der Waals surface area contributed by atoms with Crippen molar-refractivity contribution in [3.8, 4) is 23.0 Å². The summed E-state index contributed by atoms with van der Waals surface area (Å²) in [6, 6.07) is 30.7. The lowest BCUT2D eigenvalue weighted by Gasteiger charge is -2.11. The predicted octanol–water partition coefficient (Wildman–Crippen LogP) is 7.42. The quantitative estimate of drug-likeness (QED) is 0.155. The molecule has 0 aliphatic heterocycles. The number of hydrogen-bond acceptors (Lipinski definition) is 6. The van der Waals surface area contributed by atoms with Crippen LogP contribution in [0.4, 0.5) is 26.3 Å². The van der Waals surface area contributed by atoms with Gasteiger partial charge < -0.3 is 0 Å². The fraction of sp³-hybridized carbons (Fsp3) is 0.103. The Bertz CT molecular complexity index is 1570. The summed E-state index contributed by atoms with van der Waals surface area (Å²) >= 11 is 0. The first kappa shape index (κ1) is 32.0. The maximum atomic E-state index is 12.2. The van der Waals surface area contributed by atoms with Gasteiger partial charge in [-0.15, -0.1) is 9.24 Å². The van der Waals surface area contributed by atoms with Gasteiger partial charge in [-0.3, -0.25) is 20.2 Å². The molecule has 2 N–H and O–H groups in total. The van der Waals surface area contributed by atoms with Gasteiger partial charge in [0.1, 0.15) is 11.4 Å². The van der Waals surface area contributed by atoms with Gasteiger partial charge >= 0.3 is 12.4 Å². The predicted molar refractivity (Wildman–Crippen MR) is 154 cm³/mol. The molecular formula is C29H23F6N8P. The van der Waals surface area contributed by atoms with Gasteiger partial charge in [0.25, 0.3) is 0 Å². The Kier molecular flexibility index (Phi) is 10.5. The molecule has 1 atom stereocenters. The molecule has 0 saturated carbocycles. The highest BCUT2D eigenvalue weighted by molar-refractivity contribution is 7.17. The van der Waals surface area contributed by atoms with E-state index in [0.717, 1.165) is 0 Å². The number of alkyl halides is 6. The Hall–Kier alpha value is -4.97. The lowest BCUT2D eigenvalue weighted by Crippen LogP contribution is -2.07. The van der Waals surface area contributed by atoms with Gasteiger partial charge in [-0.25, -0.2) is 9.97 Å². The number of hydrogen-bond donors (Lipinski definition) is 2. The molecule has 15 heteroatoms. The summed E-state index contributed by atoms with van der Waals surface area (Å²) in [6.07, 6.45) is -6.11. The zero-order chi connectivity index (χ0) is 31.6. The molecule has 4 aromatic heterocycles. The molecule has 0 spiro atoms. The molecule has 2 aromatic carbocycles. The Balaban J connectivity index is 0.000000151. The minimum Gasteiger partial charge on any atom is -0.255 e. The number of H-pyrrole nitrogens is 2. The van der Waals surface area contributed by atoms with Crippen LogP contribution >= 0.6 is 9.24 Å². The normalized spacial score (nSPS) is 11.3. The highest BCUT2D eigenvalue weighted by Gasteiger charge is 2.36. The van der Waals surface area contributed by atoms with Crippen molar-refractivity contribution in [1.82, 2.24) is 40.3 Å². The van der Waals surface area contributed by atoms with Crippen molar-refractivity contribution in [2.45, 2.75) is 18.0 Å². The third kappa shape index (κ3) is 9.01. The van der Waals surface area contributed by atoms with Crippen LogP contribution in [0.5, 0.6) is 0 Å². The second-order valence-corrected chi connectivity index (χ2v) is 9.41. The van der Waals surface area contributed by atoms with Gasteiger partial charge in [-0.2, -0.15) is 36.5 Å². The van der Waals surface area contributed by atoms with Gasteiger partial charge in [0.15, 0.2) is 11.6 Å². The number of halogens is 6. The third-order valence-electron chi connectivity index (χ3n) is 5.61. The number of rotatable bonds is 4. The Morgan fingerprint density at radius 1 is 0.523 bits per heavy atom. The van der Waals surface area contributed by atoms with Gasteiger partial charge in [-0.1, -0.05) is 72.8 Å². The minimum absolute atomic E-state index is 0.0667. The Labute approximate surface area is 249 Å². The molecule has 0 fully saturated rings. The van der Waals surface area contributed by atoms with E-state index in [9.17, 15) is 26.3 Å². The Morgan fingerprint density at radius 3 is 1.18 bits per heavy atom. The number of pyridine rings is 2. The van der Waals surface area contributed by atoms with Crippen LogP contribution in [0.3, 0.4) is 0 Å². The summed E-state index contributed by atoms with van der Waals surface area (Å²) in [6.45, 7) is 0. The summed E-state index contributed by atoms with van der Waals surface area (Å²) in [5, 5.41) is 10.5. The first-order valence-corrected chi connectivity index (χ1v) is 13.4. The van der Waals surface area contributed by atoms with Crippen LogP contribution in [0, 0.1) is 0 Å². The topological polar surface area (TPSA) is 109 Å². The molecule has 226 valence electrons. The van der Waals surface area contributed by atoms with Crippen LogP contribution in [0.2, 0.25) is 0 Å². The van der Waals surface area contributed by atoms with E-state index in [1.54, 1.807) is 24.3 Å². The molecule has 0 aliphatic carbocycles. The zero-order valence-electron chi connectivity index (χ0n) is 22.5. The van der Waals surface area contributed by atoms with Crippen LogP contribution < -0.4 is 0 Å². The molecule has 0 radical (unpaired) electrons. The molecule has 0 bridgehead atoms. The largest absolute Gasteiger partial charge is 0.451 e. The smallest absolute Gasteiger partial charge is 0.255 e. The van der Waals surface area contributed by atoms with Crippen molar-refractivity contribution in [2.24, 2.45) is 0 Å². The van der Waals surface area contributed by atoms with Gasteiger partial charge in [0.2, 0.25) is 11.6 Å². The van der Waals surface area contributed by atoms with E-state index >= 15 is 0 Å². The lowest BCUT2D eigenvalue weighted by molar-refractivity contribution is -0.145. The maximum Gasteiger partial charge on any atom is 0.451 e. The zero-order valence-corrected chi connectivity index (χ0v) is 23.7. The minimum atomic E-state index is -4.51. The van der Waals surface area contributed by atoms with Crippen LogP contribution in [0.15, 0.2) is 109 Å². The van der Waals surface area contributed by atoms with Gasteiger partial charge in [-0.05, 0) is 35.4 Å². The molecule has 8 nitrogen and oxygen atoms in total. The first-order valence-electron chi connectivity index (χ1n) is 12.7. The lowest BCUT2D eigenvalue weighted by atomic mass is 10.0. The monoisotopic (exact) mass is 628 g/mol. The van der Waals surface area contributed by atoms with Crippen LogP contribution in [-0.4, -0.2) is 40.3 Å². The molecular weight excluding hydrogens is 605 g/mol. The fourth-order valence-electron chi connectivity index (χ4n) is 3.51. The summed E-state index contributed by atoms with van der Waals surface area (Å²) in [5.74, 6) is -2.38. The highest BCUT2D eigenvalue weighted by atomic mass is 31.0. The number of nitrogens with zero attached hydrogens (tertiary/aromatic N) is 6. The number of aromatic amines is 2. The van der Waals surface area contributed by atoms with E-state index in [4.69, 9.17) is 0 Å². The average molecular weight is 629 g/mol. The summed E-state index contributed by atoms with van der Waals surface area (Å²) < 4.78 is 73.0. The van der Waals surface area contributed by atoms with E-state index in [0.29, 0.717) is 17.0 Å². The molecule has 0 aliphatic rings. The molecule has 6 aromatic rings. The van der Waals surface area contributed by atoms with Gasteiger partial charge in [0, 0.05) is 18.1 Å². The number of aromatic nitrogens is 8. The molecule has 4 heterocycles. The third-order valence-corrected chi connectivity index (χ3v) is 6.38. The highest BCUT2D eigenvalue weighted by Crippen LogP contribution is 2.30. The fourth-order valence-corrected chi connectivity index (χ4v) is 3.95. The second kappa shape index (κ2) is 14.5. The van der Waals surface area contributed by atoms with E-state index in [-0.39, 0.29) is 11.6 Å². The van der Waals surface area contributed by atoms with Crippen molar-refractivity contribution in [2.75, 3.05) is 0 Å². The standard InChI is InChI=1S/C13H13P.2C8H5F3N4/c14-13(11-7-3-1-4-8-11)12-9-5-2-6-10-12;2*9-8(10,11)7-13-6(14-15-7)5-3-1-2-4-12-5/h1-10,13H,14H2;2*1-4H,(H,13,14,15). The maximum absolute atomic E-state index is 12.2. The molecule has 44 heavy (non-hydrogen) atoms. The molecule has 1 unspecified atom stereocenters. The summed E-state index contributed by atoms with van der Waals surface area (Å²) in [4.78, 5) is 14.3. The molecule has 6 rings (SSSR count). The Morgan fingerprint density at radius 2 is 0.886 bits per heavy atom. The van der Waals surface area contributed by atoms with E-state index in [1.807, 2.05) is 22.3 Å². The molecule has 0 saturated heterocycles. The van der Waals surface area contributed by atoms with Crippen LogP contribution in [-0.2, 0) is 12.4 Å². The van der Waals surface area contributed by atoms with E-state index in [1.165, 1.54) is 35.7 Å². The van der Waals surface area contributed by atoms with Gasteiger partial charge in [0.05, 0.1) is 0 Å². The van der Waals surface area contributed by atoms with Crippen molar-refractivity contribution in [3.63, 3.8) is 0 Å². The average Bonchev–Trinajstić information content (AvgIpc) is 3.75.